The van der Waals surface area contributed by atoms with E-state index in [0.717, 1.165) is 38.5 Å². The second-order valence-electron chi connectivity index (χ2n) is 21.2. The minimum Gasteiger partial charge on any atom is -0.394 e. The number of aliphatic hydroxyl groups excluding tert-OH is 8. The Morgan fingerprint density at radius 1 is 0.727 bits per heavy atom. The van der Waals surface area contributed by atoms with E-state index < -0.39 is 85.5 Å². The van der Waals surface area contributed by atoms with Gasteiger partial charge in [0, 0.05) is 12.3 Å². The molecule has 0 aromatic rings. The van der Waals surface area contributed by atoms with E-state index in [4.69, 9.17) is 28.4 Å². The molecule has 8 N–H and O–H groups in total. The molecule has 22 atom stereocenters. The van der Waals surface area contributed by atoms with E-state index in [1.165, 1.54) is 0 Å². The Bertz CT molecular complexity index is 1510. The van der Waals surface area contributed by atoms with E-state index in [0.29, 0.717) is 12.8 Å². The lowest BCUT2D eigenvalue weighted by Gasteiger charge is -2.64. The number of rotatable bonds is 6. The van der Waals surface area contributed by atoms with Crippen molar-refractivity contribution in [2.24, 2.45) is 50.7 Å². The van der Waals surface area contributed by atoms with Gasteiger partial charge in [0.1, 0.15) is 48.8 Å². The molecule has 4 heterocycles. The summed E-state index contributed by atoms with van der Waals surface area (Å²) in [6, 6.07) is 0. The quantitative estimate of drug-likeness (QED) is 0.176. The van der Waals surface area contributed by atoms with Crippen LogP contribution in [0.2, 0.25) is 0 Å². The zero-order chi connectivity index (χ0) is 39.6. The number of hydrogen-bond acceptors (Lipinski definition) is 14. The summed E-state index contributed by atoms with van der Waals surface area (Å²) in [5, 5.41) is 85.1. The molecular weight excluding hydrogens is 716 g/mol. The molecule has 0 unspecified atom stereocenters. The van der Waals surface area contributed by atoms with Gasteiger partial charge in [-0.3, -0.25) is 0 Å². The third-order valence-electron chi connectivity index (χ3n) is 18.0. The molecule has 9 rings (SSSR count). The monoisotopic (exact) mass is 782 g/mol. The molecule has 314 valence electrons. The van der Waals surface area contributed by atoms with E-state index in [-0.39, 0.29) is 69.6 Å². The summed E-state index contributed by atoms with van der Waals surface area (Å²) in [5.41, 5.74) is -1.87. The Morgan fingerprint density at radius 3 is 2.15 bits per heavy atom. The predicted octanol–water partition coefficient (Wildman–Crippen LogP) is 0.946. The zero-order valence-electron chi connectivity index (χ0n) is 33.4. The van der Waals surface area contributed by atoms with Gasteiger partial charge in [-0.2, -0.15) is 0 Å². The van der Waals surface area contributed by atoms with Crippen LogP contribution in [-0.4, -0.2) is 145 Å². The largest absolute Gasteiger partial charge is 0.394 e. The first-order chi connectivity index (χ1) is 25.6. The average Bonchev–Trinajstić information content (AvgIpc) is 3.58. The van der Waals surface area contributed by atoms with Crippen molar-refractivity contribution >= 4 is 0 Å². The maximum absolute atomic E-state index is 12.6. The molecule has 0 aromatic heterocycles. The highest BCUT2D eigenvalue weighted by molar-refractivity contribution is 5.34. The number of ether oxygens (including phenoxy) is 6. The van der Waals surface area contributed by atoms with Crippen LogP contribution in [0.3, 0.4) is 0 Å². The lowest BCUT2D eigenvalue weighted by Crippen LogP contribution is -2.63. The van der Waals surface area contributed by atoms with Gasteiger partial charge in [-0.1, -0.05) is 34.6 Å². The summed E-state index contributed by atoms with van der Waals surface area (Å²) in [6.45, 7) is 14.6. The molecule has 4 aliphatic heterocycles. The van der Waals surface area contributed by atoms with Crippen LogP contribution in [0.1, 0.15) is 99.8 Å². The fourth-order valence-corrected chi connectivity index (χ4v) is 15.5. The summed E-state index contributed by atoms with van der Waals surface area (Å²) in [5.74, 6) is -0.345. The van der Waals surface area contributed by atoms with Crippen molar-refractivity contribution in [1.82, 2.24) is 0 Å². The fourth-order valence-electron chi connectivity index (χ4n) is 15.5. The average molecular weight is 783 g/mol. The highest BCUT2D eigenvalue weighted by Crippen LogP contribution is 2.90. The summed E-state index contributed by atoms with van der Waals surface area (Å²) in [6.07, 6.45) is -6.67. The highest BCUT2D eigenvalue weighted by atomic mass is 16.8. The standard InChI is InChI=1S/C41H66O14/c1-18-12-21-32(36(4,5)55-34-29(49)27(47)26(46)22(14-42)51-34)54-41(53-21)16-38(7)31-19(43)13-23-35(2,3)24(52-33-28(48)25(45)20(44)15-50-33)8-9-39(23)17-40(31,39)11-10-37(38,6)30(18)41/h18-34,42-49H,8-17H2,1-7H3/t18-,19+,20-,21-,22-,23-,24+,25+,26-,27+,28-,29-,30+,31-,32+,33+,34+,37-,38+,39-,40+,41-/m1/s1. The lowest BCUT2D eigenvalue weighted by atomic mass is 9.41. The van der Waals surface area contributed by atoms with Crippen molar-refractivity contribution in [2.75, 3.05) is 13.2 Å². The van der Waals surface area contributed by atoms with Crippen molar-refractivity contribution in [3.05, 3.63) is 0 Å². The van der Waals surface area contributed by atoms with Crippen LogP contribution in [0.5, 0.6) is 0 Å². The van der Waals surface area contributed by atoms with Crippen LogP contribution >= 0.6 is 0 Å². The predicted molar refractivity (Wildman–Crippen MR) is 191 cm³/mol. The fraction of sp³-hybridized carbons (Fsp3) is 1.00. The molecule has 0 amide bonds. The van der Waals surface area contributed by atoms with Gasteiger partial charge in [0.15, 0.2) is 18.4 Å². The molecule has 0 aromatic carbocycles. The lowest BCUT2D eigenvalue weighted by molar-refractivity contribution is -0.334. The Hall–Kier alpha value is -0.560. The topological polar surface area (TPSA) is 217 Å². The summed E-state index contributed by atoms with van der Waals surface area (Å²) in [4.78, 5) is 0. The van der Waals surface area contributed by atoms with Gasteiger partial charge in [0.25, 0.3) is 0 Å². The number of hydrogen-bond donors (Lipinski definition) is 8. The highest BCUT2D eigenvalue weighted by Gasteiger charge is 2.87. The minimum absolute atomic E-state index is 0.0384. The molecule has 9 aliphatic rings. The van der Waals surface area contributed by atoms with Crippen molar-refractivity contribution in [2.45, 2.75) is 191 Å². The third-order valence-corrected chi connectivity index (χ3v) is 18.0. The SMILES string of the molecule is C[C@@H]1C[C@H]2O[C@]3(C[C@@]4(C)[C@H]5[C@@H](O)C[C@@H]6C(C)(C)[C@@H](O[C@@H]7OC[C@@H](O)[C@H](O)[C@H]7O)CC[C@@]67C[C@@]57CC[C@]4(C)[C@H]13)O[C@@H]2C(C)(C)O[C@@H]1O[C@H](CO)[C@@H](O)[C@H](O)[C@H]1O. The van der Waals surface area contributed by atoms with Gasteiger partial charge in [0.05, 0.1) is 37.1 Å². The van der Waals surface area contributed by atoms with Crippen LogP contribution in [0.25, 0.3) is 0 Å². The van der Waals surface area contributed by atoms with Crippen LogP contribution in [-0.2, 0) is 28.4 Å². The first-order valence-electron chi connectivity index (χ1n) is 21.0. The molecule has 3 spiro atoms. The third kappa shape index (κ3) is 5.10. The van der Waals surface area contributed by atoms with Gasteiger partial charge in [-0.05, 0) is 104 Å². The summed E-state index contributed by atoms with van der Waals surface area (Å²) < 4.78 is 38.6. The van der Waals surface area contributed by atoms with E-state index in [1.54, 1.807) is 0 Å². The minimum atomic E-state index is -1.55. The van der Waals surface area contributed by atoms with Gasteiger partial charge in [-0.15, -0.1) is 0 Å². The van der Waals surface area contributed by atoms with E-state index in [2.05, 4.69) is 34.6 Å². The van der Waals surface area contributed by atoms with Crippen molar-refractivity contribution in [3.8, 4) is 0 Å². The van der Waals surface area contributed by atoms with Crippen molar-refractivity contribution in [3.63, 3.8) is 0 Å². The Kier molecular flexibility index (Phi) is 9.06. The normalized spacial score (nSPS) is 60.6. The van der Waals surface area contributed by atoms with Crippen molar-refractivity contribution in [1.29, 1.82) is 0 Å². The number of fused-ring (bicyclic) bond motifs is 4. The molecule has 2 bridgehead atoms. The Labute approximate surface area is 323 Å². The molecule has 14 nitrogen and oxygen atoms in total. The Morgan fingerprint density at radius 2 is 1.44 bits per heavy atom. The van der Waals surface area contributed by atoms with Crippen LogP contribution in [0.15, 0.2) is 0 Å². The van der Waals surface area contributed by atoms with Gasteiger partial charge < -0.3 is 69.3 Å². The first-order valence-corrected chi connectivity index (χ1v) is 21.0. The molecule has 4 saturated heterocycles. The van der Waals surface area contributed by atoms with Crippen molar-refractivity contribution < 1.29 is 69.3 Å². The molecule has 55 heavy (non-hydrogen) atoms. The maximum Gasteiger partial charge on any atom is 0.187 e. The van der Waals surface area contributed by atoms with Crippen LogP contribution in [0.4, 0.5) is 0 Å². The molecule has 5 aliphatic carbocycles. The van der Waals surface area contributed by atoms with E-state index in [9.17, 15) is 40.9 Å². The maximum atomic E-state index is 12.6. The van der Waals surface area contributed by atoms with E-state index in [1.807, 2.05) is 13.8 Å². The molecular formula is C41H66O14. The van der Waals surface area contributed by atoms with Crippen LogP contribution < -0.4 is 0 Å². The molecule has 5 saturated carbocycles. The summed E-state index contributed by atoms with van der Waals surface area (Å²) in [7, 11) is 0. The van der Waals surface area contributed by atoms with Gasteiger partial charge >= 0.3 is 0 Å². The second-order valence-corrected chi connectivity index (χ2v) is 21.2. The van der Waals surface area contributed by atoms with Gasteiger partial charge in [0.2, 0.25) is 0 Å². The zero-order valence-corrected chi connectivity index (χ0v) is 33.4. The second kappa shape index (κ2) is 12.5. The van der Waals surface area contributed by atoms with Crippen LogP contribution in [0, 0.1) is 50.7 Å². The molecule has 0 radical (unpaired) electrons. The molecule has 9 fully saturated rings. The number of aliphatic hydroxyl groups is 8. The summed E-state index contributed by atoms with van der Waals surface area (Å²) >= 11 is 0. The van der Waals surface area contributed by atoms with Gasteiger partial charge in [-0.25, -0.2) is 0 Å². The first kappa shape index (κ1) is 39.9. The smallest absolute Gasteiger partial charge is 0.187 e. The Balaban J connectivity index is 0.974. The molecule has 14 heteroatoms. The van der Waals surface area contributed by atoms with E-state index >= 15 is 0 Å².